The number of hydrogen-bond acceptors (Lipinski definition) is 5. The summed E-state index contributed by atoms with van der Waals surface area (Å²) in [6.07, 6.45) is 7.99. The molecule has 1 heterocycles. The largest absolute Gasteiger partial charge is 0.244 e. The van der Waals surface area contributed by atoms with Crippen molar-refractivity contribution < 1.29 is 0 Å². The Morgan fingerprint density at radius 2 is 1.62 bits per heavy atom. The van der Waals surface area contributed by atoms with Crippen LogP contribution in [0.5, 0.6) is 0 Å². The van der Waals surface area contributed by atoms with Gasteiger partial charge >= 0.3 is 0 Å². The maximum absolute atomic E-state index is 4.13. The van der Waals surface area contributed by atoms with E-state index in [2.05, 4.69) is 33.1 Å². The normalized spacial score (nSPS) is 10.9. The lowest BCUT2D eigenvalue weighted by atomic mass is 10.3. The number of aromatic nitrogens is 3. The highest BCUT2D eigenvalue weighted by atomic mass is 32.2. The predicted molar refractivity (Wildman–Crippen MR) is 67.1 cm³/mol. The second-order valence-corrected chi connectivity index (χ2v) is 4.71. The molecule has 0 saturated carbocycles. The van der Waals surface area contributed by atoms with Gasteiger partial charge in [-0.3, -0.25) is 0 Å². The van der Waals surface area contributed by atoms with Gasteiger partial charge in [0, 0.05) is 13.1 Å². The number of rotatable bonds is 8. The molecule has 0 N–H and O–H groups in total. The molecular formula is C11H20N4S. The lowest BCUT2D eigenvalue weighted by Crippen LogP contribution is -2.18. The lowest BCUT2D eigenvalue weighted by Gasteiger charge is -2.19. The van der Waals surface area contributed by atoms with Crippen LogP contribution in [0, 0.1) is 0 Å². The van der Waals surface area contributed by atoms with Gasteiger partial charge in [0.1, 0.15) is 12.7 Å². The van der Waals surface area contributed by atoms with Gasteiger partial charge < -0.3 is 0 Å². The standard InChI is InChI=1S/C11H20N4S/c1-3-5-7-15(8-6-4-2)16-11-13-9-12-10-14-11/h9-10H,3-8H2,1-2H3. The van der Waals surface area contributed by atoms with Crippen LogP contribution in [-0.2, 0) is 0 Å². The molecule has 0 bridgehead atoms. The molecule has 4 nitrogen and oxygen atoms in total. The van der Waals surface area contributed by atoms with Gasteiger partial charge in [-0.05, 0) is 24.8 Å². The Labute approximate surface area is 102 Å². The molecule has 1 aromatic rings. The summed E-state index contributed by atoms with van der Waals surface area (Å²) in [6.45, 7) is 6.64. The van der Waals surface area contributed by atoms with Crippen LogP contribution < -0.4 is 0 Å². The van der Waals surface area contributed by atoms with E-state index in [1.165, 1.54) is 25.7 Å². The van der Waals surface area contributed by atoms with E-state index >= 15 is 0 Å². The van der Waals surface area contributed by atoms with Crippen LogP contribution in [0.15, 0.2) is 17.8 Å². The molecule has 0 atom stereocenters. The van der Waals surface area contributed by atoms with Gasteiger partial charge in [-0.15, -0.1) is 0 Å². The van der Waals surface area contributed by atoms with E-state index in [-0.39, 0.29) is 0 Å². The highest BCUT2D eigenvalue weighted by Gasteiger charge is 2.07. The van der Waals surface area contributed by atoms with E-state index in [0.29, 0.717) is 0 Å². The second-order valence-electron chi connectivity index (χ2n) is 3.65. The van der Waals surface area contributed by atoms with Crippen LogP contribution in [0.2, 0.25) is 0 Å². The molecule has 0 aliphatic heterocycles. The summed E-state index contributed by atoms with van der Waals surface area (Å²) >= 11 is 1.64. The summed E-state index contributed by atoms with van der Waals surface area (Å²) in [5, 5.41) is 0.794. The van der Waals surface area contributed by atoms with Gasteiger partial charge in [0.15, 0.2) is 0 Å². The summed E-state index contributed by atoms with van der Waals surface area (Å²) in [6, 6.07) is 0. The van der Waals surface area contributed by atoms with Gasteiger partial charge in [-0.25, -0.2) is 19.3 Å². The van der Waals surface area contributed by atoms with Crippen LogP contribution in [0.3, 0.4) is 0 Å². The average Bonchev–Trinajstić information content (AvgIpc) is 2.34. The first-order valence-corrected chi connectivity index (χ1v) is 6.69. The number of hydrogen-bond donors (Lipinski definition) is 0. The summed E-state index contributed by atoms with van der Waals surface area (Å²) in [7, 11) is 0. The first kappa shape index (κ1) is 13.4. The highest BCUT2D eigenvalue weighted by Crippen LogP contribution is 2.18. The molecular weight excluding hydrogens is 220 g/mol. The van der Waals surface area contributed by atoms with Crippen molar-refractivity contribution in [2.45, 2.75) is 44.7 Å². The molecule has 0 radical (unpaired) electrons. The zero-order chi connectivity index (χ0) is 11.6. The Kier molecular flexibility index (Phi) is 7.09. The van der Waals surface area contributed by atoms with Gasteiger partial charge in [0.25, 0.3) is 0 Å². The molecule has 0 aliphatic carbocycles. The Morgan fingerprint density at radius 3 is 2.12 bits per heavy atom. The Bertz CT molecular complexity index is 260. The predicted octanol–water partition coefficient (Wildman–Crippen LogP) is 2.78. The molecule has 16 heavy (non-hydrogen) atoms. The minimum Gasteiger partial charge on any atom is -0.244 e. The summed E-state index contributed by atoms with van der Waals surface area (Å²) in [5.74, 6) is 0. The molecule has 0 aromatic carbocycles. The van der Waals surface area contributed by atoms with Crippen molar-refractivity contribution in [2.24, 2.45) is 0 Å². The molecule has 0 spiro atoms. The van der Waals surface area contributed by atoms with Crippen molar-refractivity contribution in [3.05, 3.63) is 12.7 Å². The van der Waals surface area contributed by atoms with Crippen molar-refractivity contribution >= 4 is 11.9 Å². The zero-order valence-electron chi connectivity index (χ0n) is 10.1. The average molecular weight is 240 g/mol. The maximum atomic E-state index is 4.13. The minimum atomic E-state index is 0.794. The quantitative estimate of drug-likeness (QED) is 0.654. The first-order chi connectivity index (χ1) is 7.86. The molecule has 0 aliphatic rings. The molecule has 1 rings (SSSR count). The maximum Gasteiger partial charge on any atom is 0.206 e. The molecule has 0 fully saturated rings. The van der Waals surface area contributed by atoms with E-state index in [1.54, 1.807) is 24.6 Å². The lowest BCUT2D eigenvalue weighted by molar-refractivity contribution is 0.442. The van der Waals surface area contributed by atoms with Crippen molar-refractivity contribution in [3.8, 4) is 0 Å². The monoisotopic (exact) mass is 240 g/mol. The molecule has 1 aromatic heterocycles. The van der Waals surface area contributed by atoms with Gasteiger partial charge in [-0.2, -0.15) is 0 Å². The molecule has 0 saturated heterocycles. The van der Waals surface area contributed by atoms with E-state index in [4.69, 9.17) is 0 Å². The number of unbranched alkanes of at least 4 members (excludes halogenated alkanes) is 2. The van der Waals surface area contributed by atoms with Crippen LogP contribution in [0.25, 0.3) is 0 Å². The van der Waals surface area contributed by atoms with E-state index in [9.17, 15) is 0 Å². The molecule has 5 heteroatoms. The van der Waals surface area contributed by atoms with Gasteiger partial charge in [0.05, 0.1) is 0 Å². The fourth-order valence-corrected chi connectivity index (χ4v) is 2.12. The van der Waals surface area contributed by atoms with E-state index in [1.807, 2.05) is 0 Å². The first-order valence-electron chi connectivity index (χ1n) is 5.91. The summed E-state index contributed by atoms with van der Waals surface area (Å²) in [5.41, 5.74) is 0. The topological polar surface area (TPSA) is 41.9 Å². The summed E-state index contributed by atoms with van der Waals surface area (Å²) in [4.78, 5) is 12.1. The zero-order valence-corrected chi connectivity index (χ0v) is 10.9. The molecule has 0 unspecified atom stereocenters. The van der Waals surface area contributed by atoms with E-state index < -0.39 is 0 Å². The fraction of sp³-hybridized carbons (Fsp3) is 0.727. The van der Waals surface area contributed by atoms with Crippen molar-refractivity contribution in [3.63, 3.8) is 0 Å². The smallest absolute Gasteiger partial charge is 0.206 e. The molecule has 0 amide bonds. The van der Waals surface area contributed by atoms with Crippen LogP contribution in [0.1, 0.15) is 39.5 Å². The third-order valence-corrected chi connectivity index (χ3v) is 3.20. The van der Waals surface area contributed by atoms with Crippen LogP contribution in [-0.4, -0.2) is 32.3 Å². The molecule has 90 valence electrons. The Morgan fingerprint density at radius 1 is 1.06 bits per heavy atom. The Hall–Kier alpha value is -0.680. The number of nitrogens with zero attached hydrogens (tertiary/aromatic N) is 4. The third-order valence-electron chi connectivity index (χ3n) is 2.20. The highest BCUT2D eigenvalue weighted by molar-refractivity contribution is 7.96. The second kappa shape index (κ2) is 8.47. The van der Waals surface area contributed by atoms with E-state index in [0.717, 1.165) is 18.2 Å². The van der Waals surface area contributed by atoms with Gasteiger partial charge in [0.2, 0.25) is 5.16 Å². The summed E-state index contributed by atoms with van der Waals surface area (Å²) < 4.78 is 2.35. The SMILES string of the molecule is CCCCN(CCCC)Sc1ncncn1. The van der Waals surface area contributed by atoms with Crippen molar-refractivity contribution in [2.75, 3.05) is 13.1 Å². The third kappa shape index (κ3) is 5.42. The minimum absolute atomic E-state index is 0.794. The van der Waals surface area contributed by atoms with Crippen molar-refractivity contribution in [1.82, 2.24) is 19.3 Å². The van der Waals surface area contributed by atoms with Crippen LogP contribution in [0.4, 0.5) is 0 Å². The van der Waals surface area contributed by atoms with Crippen LogP contribution >= 0.6 is 11.9 Å². The van der Waals surface area contributed by atoms with Gasteiger partial charge in [-0.1, -0.05) is 26.7 Å². The Balaban J connectivity index is 2.42. The van der Waals surface area contributed by atoms with Crippen molar-refractivity contribution in [1.29, 1.82) is 0 Å². The fourth-order valence-electron chi connectivity index (χ4n) is 1.26.